The maximum Gasteiger partial charge on any atom is 0.336 e. The van der Waals surface area contributed by atoms with Crippen molar-refractivity contribution in [2.45, 2.75) is 18.5 Å². The van der Waals surface area contributed by atoms with Gasteiger partial charge < -0.3 is 26.2 Å². The molecule has 0 aromatic heterocycles. The number of aromatic carboxylic acids is 1. The third-order valence-electron chi connectivity index (χ3n) is 7.25. The fraction of sp³-hybridized carbons (Fsp3) is 0.241. The second kappa shape index (κ2) is 11.4. The fourth-order valence-electron chi connectivity index (χ4n) is 5.40. The van der Waals surface area contributed by atoms with Crippen LogP contribution in [0.25, 0.3) is 11.1 Å². The van der Waals surface area contributed by atoms with Gasteiger partial charge in [0.1, 0.15) is 11.6 Å². The van der Waals surface area contributed by atoms with Gasteiger partial charge in [-0.15, -0.1) is 0 Å². The van der Waals surface area contributed by atoms with Crippen LogP contribution in [0.1, 0.15) is 49.1 Å². The number of carbonyl (C=O) groups is 4. The number of carbonyl (C=O) groups excluding carboxylic acids is 3. The topological polar surface area (TPSA) is 151 Å². The molecule has 3 amide bonds. The number of rotatable bonds is 8. The predicted octanol–water partition coefficient (Wildman–Crippen LogP) is 2.94. The van der Waals surface area contributed by atoms with Crippen molar-refractivity contribution in [3.63, 3.8) is 0 Å². The quantitative estimate of drug-likeness (QED) is 0.328. The van der Waals surface area contributed by atoms with E-state index >= 15 is 4.39 Å². The molecule has 2 atom stereocenters. The monoisotopic (exact) mass is 564 g/mol. The molecule has 2 aliphatic heterocycles. The van der Waals surface area contributed by atoms with Crippen molar-refractivity contribution < 1.29 is 37.8 Å². The summed E-state index contributed by atoms with van der Waals surface area (Å²) in [5.74, 6) is -4.91. The lowest BCUT2D eigenvalue weighted by atomic mass is 9.86. The van der Waals surface area contributed by atoms with Gasteiger partial charge in [-0.2, -0.15) is 0 Å². The zero-order valence-corrected chi connectivity index (χ0v) is 21.7. The Morgan fingerprint density at radius 3 is 2.39 bits per heavy atom. The van der Waals surface area contributed by atoms with Crippen molar-refractivity contribution in [1.82, 2.24) is 10.2 Å². The van der Waals surface area contributed by atoms with Gasteiger partial charge in [-0.25, -0.2) is 13.6 Å². The van der Waals surface area contributed by atoms with Crippen LogP contribution in [0.5, 0.6) is 0 Å². The number of benzene rings is 3. The molecule has 0 radical (unpaired) electrons. The number of ether oxygens (including phenoxy) is 1. The molecule has 212 valence electrons. The van der Waals surface area contributed by atoms with Gasteiger partial charge >= 0.3 is 5.97 Å². The Morgan fingerprint density at radius 1 is 1.02 bits per heavy atom. The zero-order chi connectivity index (χ0) is 29.3. The van der Waals surface area contributed by atoms with Crippen molar-refractivity contribution in [3.05, 3.63) is 88.5 Å². The summed E-state index contributed by atoms with van der Waals surface area (Å²) in [6, 6.07) is 10.3. The molecule has 41 heavy (non-hydrogen) atoms. The molecule has 5 rings (SSSR count). The van der Waals surface area contributed by atoms with Gasteiger partial charge in [0, 0.05) is 36.8 Å². The summed E-state index contributed by atoms with van der Waals surface area (Å²) < 4.78 is 35.1. The summed E-state index contributed by atoms with van der Waals surface area (Å²) in [4.78, 5) is 51.7. The lowest BCUT2D eigenvalue weighted by molar-refractivity contribution is -0.120. The van der Waals surface area contributed by atoms with Gasteiger partial charge in [0.25, 0.3) is 11.8 Å². The summed E-state index contributed by atoms with van der Waals surface area (Å²) >= 11 is 0. The second-order valence-corrected chi connectivity index (χ2v) is 9.72. The Balaban J connectivity index is 1.57. The highest BCUT2D eigenvalue weighted by Crippen LogP contribution is 2.41. The molecule has 5 N–H and O–H groups in total. The SMILES string of the molecule is NC(=O)CC(C1NC(=O)c2c(C(=O)O)ccc(-c3ccc(NC(=O)c4ccccc4F)cc3F)c21)N1CCOCC1. The van der Waals surface area contributed by atoms with E-state index in [1.54, 1.807) is 0 Å². The number of fused-ring (bicyclic) bond motifs is 1. The van der Waals surface area contributed by atoms with Crippen LogP contribution >= 0.6 is 0 Å². The smallest absolute Gasteiger partial charge is 0.336 e. The first-order valence-electron chi connectivity index (χ1n) is 12.8. The average molecular weight is 565 g/mol. The molecule has 2 unspecified atom stereocenters. The number of hydrogen-bond acceptors (Lipinski definition) is 6. The van der Waals surface area contributed by atoms with Crippen molar-refractivity contribution in [2.24, 2.45) is 5.73 Å². The molecular formula is C29H26F2N4O6. The number of morpholine rings is 1. The Morgan fingerprint density at radius 2 is 1.73 bits per heavy atom. The molecule has 3 aromatic rings. The van der Waals surface area contributed by atoms with Crippen molar-refractivity contribution >= 4 is 29.4 Å². The maximum absolute atomic E-state index is 15.6. The zero-order valence-electron chi connectivity index (χ0n) is 21.7. The summed E-state index contributed by atoms with van der Waals surface area (Å²) in [6.45, 7) is 1.66. The number of nitrogens with two attached hydrogens (primary N) is 1. The van der Waals surface area contributed by atoms with E-state index in [1.807, 2.05) is 4.90 Å². The second-order valence-electron chi connectivity index (χ2n) is 9.72. The van der Waals surface area contributed by atoms with E-state index in [0.29, 0.717) is 26.3 Å². The van der Waals surface area contributed by atoms with Gasteiger partial charge in [0.2, 0.25) is 5.91 Å². The van der Waals surface area contributed by atoms with Crippen LogP contribution in [0.3, 0.4) is 0 Å². The highest BCUT2D eigenvalue weighted by Gasteiger charge is 2.42. The molecule has 0 aliphatic carbocycles. The van der Waals surface area contributed by atoms with Crippen LogP contribution in [0.2, 0.25) is 0 Å². The van der Waals surface area contributed by atoms with E-state index in [9.17, 15) is 28.7 Å². The van der Waals surface area contributed by atoms with Gasteiger partial charge in [0.05, 0.1) is 35.9 Å². The number of halogens is 2. The van der Waals surface area contributed by atoms with E-state index in [4.69, 9.17) is 10.5 Å². The first-order valence-corrected chi connectivity index (χ1v) is 12.8. The van der Waals surface area contributed by atoms with Gasteiger partial charge in [-0.1, -0.05) is 18.2 Å². The van der Waals surface area contributed by atoms with Gasteiger partial charge in [0.15, 0.2) is 0 Å². The highest BCUT2D eigenvalue weighted by atomic mass is 19.1. The number of anilines is 1. The molecule has 10 nitrogen and oxygen atoms in total. The first-order chi connectivity index (χ1) is 19.7. The van der Waals surface area contributed by atoms with E-state index in [0.717, 1.165) is 12.1 Å². The van der Waals surface area contributed by atoms with Crippen molar-refractivity contribution in [3.8, 4) is 11.1 Å². The summed E-state index contributed by atoms with van der Waals surface area (Å²) in [6.07, 6.45) is -0.148. The van der Waals surface area contributed by atoms with Crippen LogP contribution < -0.4 is 16.4 Å². The minimum atomic E-state index is -1.34. The van der Waals surface area contributed by atoms with Crippen LogP contribution in [-0.2, 0) is 9.53 Å². The van der Waals surface area contributed by atoms with Crippen molar-refractivity contribution in [1.29, 1.82) is 0 Å². The van der Waals surface area contributed by atoms with E-state index < -0.39 is 47.4 Å². The highest BCUT2D eigenvalue weighted by molar-refractivity contribution is 6.10. The van der Waals surface area contributed by atoms with Crippen LogP contribution in [0, 0.1) is 11.6 Å². The average Bonchev–Trinajstić information content (AvgIpc) is 3.29. The minimum Gasteiger partial charge on any atom is -0.478 e. The minimum absolute atomic E-state index is 0.0309. The molecule has 1 fully saturated rings. The number of primary amides is 1. The fourth-order valence-corrected chi connectivity index (χ4v) is 5.40. The molecule has 0 spiro atoms. The third-order valence-corrected chi connectivity index (χ3v) is 7.25. The Bertz CT molecular complexity index is 1560. The third kappa shape index (κ3) is 5.52. The van der Waals surface area contributed by atoms with E-state index in [-0.39, 0.29) is 45.5 Å². The Hall–Kier alpha value is -4.68. The number of hydrogen-bond donors (Lipinski definition) is 4. The van der Waals surface area contributed by atoms with Crippen molar-refractivity contribution in [2.75, 3.05) is 31.6 Å². The summed E-state index contributed by atoms with van der Waals surface area (Å²) in [5, 5.41) is 15.1. The van der Waals surface area contributed by atoms with E-state index in [2.05, 4.69) is 10.6 Å². The number of nitrogens with zero attached hydrogens (tertiary/aromatic N) is 1. The normalized spacial score (nSPS) is 17.4. The Labute approximate surface area is 233 Å². The number of carboxylic acids is 1. The van der Waals surface area contributed by atoms with Crippen LogP contribution in [-0.4, -0.2) is 66.0 Å². The number of carboxylic acid groups (broad SMARTS) is 1. The molecule has 0 bridgehead atoms. The molecule has 3 aromatic carbocycles. The van der Waals surface area contributed by atoms with Gasteiger partial charge in [-0.05, 0) is 47.5 Å². The summed E-state index contributed by atoms with van der Waals surface area (Å²) in [5.41, 5.74) is 5.51. The lowest BCUT2D eigenvalue weighted by Gasteiger charge is -2.37. The maximum atomic E-state index is 15.6. The molecular weight excluding hydrogens is 538 g/mol. The number of nitrogens with one attached hydrogen (secondary N) is 2. The van der Waals surface area contributed by atoms with Crippen LogP contribution in [0.4, 0.5) is 14.5 Å². The lowest BCUT2D eigenvalue weighted by Crippen LogP contribution is -2.50. The molecule has 1 saturated heterocycles. The van der Waals surface area contributed by atoms with E-state index in [1.165, 1.54) is 42.5 Å². The predicted molar refractivity (Wildman–Crippen MR) is 143 cm³/mol. The molecule has 0 saturated carbocycles. The number of amides is 3. The van der Waals surface area contributed by atoms with Crippen LogP contribution in [0.15, 0.2) is 54.6 Å². The summed E-state index contributed by atoms with van der Waals surface area (Å²) in [7, 11) is 0. The largest absolute Gasteiger partial charge is 0.478 e. The molecule has 12 heteroatoms. The Kier molecular flexibility index (Phi) is 7.77. The first kappa shape index (κ1) is 27.9. The molecule has 2 heterocycles. The molecule has 2 aliphatic rings. The van der Waals surface area contributed by atoms with Gasteiger partial charge in [-0.3, -0.25) is 19.3 Å². The standard InChI is InChI=1S/C29H26F2N4O6/c30-20-4-2-1-3-18(20)27(37)33-15-5-6-16(21(31)13-15)17-7-8-19(29(39)40)25-24(17)26(34-28(25)38)22(14-23(32)36)35-9-11-41-12-10-35/h1-8,13,22,26H,9-12,14H2,(H2,32,36)(H,33,37)(H,34,38)(H,39,40).